The van der Waals surface area contributed by atoms with E-state index in [4.69, 9.17) is 23.7 Å². The van der Waals surface area contributed by atoms with E-state index in [0.717, 1.165) is 0 Å². The van der Waals surface area contributed by atoms with Crippen LogP contribution in [0, 0.1) is 57.7 Å². The number of ketones is 1. The zero-order valence-corrected chi connectivity index (χ0v) is 30.4. The van der Waals surface area contributed by atoms with E-state index in [1.807, 2.05) is 40.7 Å². The van der Waals surface area contributed by atoms with Crippen molar-refractivity contribution in [3.05, 3.63) is 24.2 Å². The van der Waals surface area contributed by atoms with Crippen molar-refractivity contribution in [1.82, 2.24) is 0 Å². The number of fused-ring (bicyclic) bond motifs is 10. The van der Waals surface area contributed by atoms with E-state index in [-0.39, 0.29) is 36.9 Å². The molecule has 2 saturated heterocycles. The number of esters is 3. The molecule has 17 atom stereocenters. The minimum absolute atomic E-state index is 0.0129. The maximum absolute atomic E-state index is 14.6. The van der Waals surface area contributed by atoms with Crippen molar-refractivity contribution in [2.45, 2.75) is 129 Å². The Balaban J connectivity index is 1.45. The van der Waals surface area contributed by atoms with Crippen LogP contribution in [0.15, 0.2) is 24.2 Å². The van der Waals surface area contributed by atoms with Gasteiger partial charge in [-0.05, 0) is 50.0 Å². The molecule has 7 rings (SSSR count). The maximum atomic E-state index is 14.6. The summed E-state index contributed by atoms with van der Waals surface area (Å²) < 4.78 is 30.8. The van der Waals surface area contributed by atoms with Crippen molar-refractivity contribution in [2.24, 2.45) is 57.7 Å². The molecule has 12 heteroatoms. The van der Waals surface area contributed by atoms with Crippen LogP contribution >= 0.6 is 0 Å². The van der Waals surface area contributed by atoms with Gasteiger partial charge in [-0.2, -0.15) is 0 Å². The summed E-state index contributed by atoms with van der Waals surface area (Å²) in [5.74, 6) is -5.63. The summed E-state index contributed by atoms with van der Waals surface area (Å²) in [5.41, 5.74) is -7.42. The van der Waals surface area contributed by atoms with E-state index in [9.17, 15) is 34.5 Å². The fourth-order valence-electron chi connectivity index (χ4n) is 12.3. The second-order valence-electron chi connectivity index (χ2n) is 17.5. The van der Waals surface area contributed by atoms with Crippen molar-refractivity contribution in [1.29, 1.82) is 0 Å². The molecule has 6 fully saturated rings. The Morgan fingerprint density at radius 1 is 1.02 bits per heavy atom. The van der Waals surface area contributed by atoms with Gasteiger partial charge in [0.1, 0.15) is 53.2 Å². The van der Waals surface area contributed by atoms with Gasteiger partial charge in [0.25, 0.3) is 0 Å². The van der Waals surface area contributed by atoms with Crippen molar-refractivity contribution in [3.8, 4) is 0 Å². The van der Waals surface area contributed by atoms with Crippen LogP contribution in [-0.2, 0) is 42.9 Å². The molecule has 12 nitrogen and oxygen atoms in total. The maximum Gasteiger partial charge on any atom is 0.306 e. The first-order valence-electron chi connectivity index (χ1n) is 18.0. The molecular formula is C38H52O12. The highest BCUT2D eigenvalue weighted by molar-refractivity contribution is 5.94. The van der Waals surface area contributed by atoms with Crippen LogP contribution < -0.4 is 0 Å². The van der Waals surface area contributed by atoms with Gasteiger partial charge in [0.05, 0.1) is 11.5 Å². The third kappa shape index (κ3) is 4.25. The number of aliphatic hydroxyl groups excluding tert-OH is 1. The lowest BCUT2D eigenvalue weighted by molar-refractivity contribution is -0.268. The van der Waals surface area contributed by atoms with Gasteiger partial charge >= 0.3 is 17.9 Å². The fraction of sp³-hybridized carbons (Fsp3) is 0.789. The zero-order valence-electron chi connectivity index (χ0n) is 30.4. The van der Waals surface area contributed by atoms with Crippen molar-refractivity contribution in [2.75, 3.05) is 0 Å². The molecule has 2 heterocycles. The van der Waals surface area contributed by atoms with Crippen molar-refractivity contribution < 1.29 is 58.2 Å². The summed E-state index contributed by atoms with van der Waals surface area (Å²) in [5, 5.41) is 36.9. The molecule has 276 valence electrons. The van der Waals surface area contributed by atoms with Gasteiger partial charge in [0, 0.05) is 55.3 Å². The van der Waals surface area contributed by atoms with E-state index in [1.165, 1.54) is 13.8 Å². The van der Waals surface area contributed by atoms with Crippen LogP contribution in [0.5, 0.6) is 0 Å². The number of rotatable bonds is 5. The predicted octanol–water partition coefficient (Wildman–Crippen LogP) is 3.00. The average Bonchev–Trinajstić information content (AvgIpc) is 3.66. The number of ether oxygens (including phenoxy) is 5. The molecular weight excluding hydrogens is 648 g/mol. The lowest BCUT2D eigenvalue weighted by atomic mass is 9.40. The number of epoxide rings is 1. The molecule has 3 N–H and O–H groups in total. The summed E-state index contributed by atoms with van der Waals surface area (Å²) >= 11 is 0. The Bertz CT molecular complexity index is 1580. The van der Waals surface area contributed by atoms with Crippen molar-refractivity contribution in [3.63, 3.8) is 0 Å². The van der Waals surface area contributed by atoms with Crippen LogP contribution in [0.2, 0.25) is 0 Å². The van der Waals surface area contributed by atoms with Crippen LogP contribution in [-0.4, -0.2) is 86.8 Å². The number of aliphatic hydroxyl groups is 3. The number of hydrogen-bond acceptors (Lipinski definition) is 12. The summed E-state index contributed by atoms with van der Waals surface area (Å²) in [6, 6.07) is 0. The summed E-state index contributed by atoms with van der Waals surface area (Å²) in [6.07, 6.45) is -3.62. The number of carbonyl (C=O) groups excluding carboxylic acids is 4. The molecule has 1 unspecified atom stereocenters. The Morgan fingerprint density at radius 2 is 1.66 bits per heavy atom. The van der Waals surface area contributed by atoms with E-state index >= 15 is 0 Å². The fourth-order valence-corrected chi connectivity index (χ4v) is 12.3. The summed E-state index contributed by atoms with van der Waals surface area (Å²) in [6.45, 7) is 19.6. The monoisotopic (exact) mass is 700 g/mol. The van der Waals surface area contributed by atoms with E-state index < -0.39 is 117 Å². The number of hydrogen-bond donors (Lipinski definition) is 3. The number of carbonyl (C=O) groups is 4. The van der Waals surface area contributed by atoms with Crippen LogP contribution in [0.4, 0.5) is 0 Å². The summed E-state index contributed by atoms with van der Waals surface area (Å²) in [4.78, 5) is 54.0. The van der Waals surface area contributed by atoms with E-state index in [0.29, 0.717) is 5.76 Å². The quantitative estimate of drug-likeness (QED) is 0.217. The minimum atomic E-state index is -2.14. The Morgan fingerprint density at radius 3 is 2.26 bits per heavy atom. The van der Waals surface area contributed by atoms with Crippen LogP contribution in [0.1, 0.15) is 81.6 Å². The second kappa shape index (κ2) is 10.9. The van der Waals surface area contributed by atoms with Crippen LogP contribution in [0.25, 0.3) is 0 Å². The highest BCUT2D eigenvalue weighted by atomic mass is 16.6. The zero-order chi connectivity index (χ0) is 36.8. The lowest BCUT2D eigenvalue weighted by Gasteiger charge is -2.65. The van der Waals surface area contributed by atoms with E-state index in [2.05, 4.69) is 6.58 Å². The van der Waals surface area contributed by atoms with Gasteiger partial charge in [-0.25, -0.2) is 0 Å². The first-order valence-corrected chi connectivity index (χ1v) is 18.0. The minimum Gasteiger partial charge on any atom is -0.463 e. The molecule has 0 bridgehead atoms. The average molecular weight is 701 g/mol. The molecule has 0 aromatic rings. The predicted molar refractivity (Wildman–Crippen MR) is 174 cm³/mol. The van der Waals surface area contributed by atoms with E-state index in [1.54, 1.807) is 13.8 Å². The number of Topliss-reactive ketones (excluding diaryl/α,β-unsaturated/α-hetero) is 1. The largest absolute Gasteiger partial charge is 0.463 e. The second-order valence-corrected chi connectivity index (χ2v) is 17.5. The Kier molecular flexibility index (Phi) is 7.74. The van der Waals surface area contributed by atoms with Gasteiger partial charge in [-0.3, -0.25) is 19.2 Å². The number of allylic oxidation sites excluding steroid dienone is 1. The first-order chi connectivity index (χ1) is 23.1. The molecule has 5 aliphatic carbocycles. The molecule has 50 heavy (non-hydrogen) atoms. The standard InChI is InChI=1S/C38H52O12/c1-15(2)11-24(41)50-33-30-21(49-30)14-38(45)32(43)29(42)25-20(35(33,38)8)13-22(47-18(5)39)34(7)26-16(3)12-23-36(9,37(10,44)17(4)46-23)28(26)31(27(25)34)48-19(6)40/h12,15-16,20-22,25-31,33,42,44-45H,4,11,13-14H2,1-3,5-10H3/t16-,20?,21+,22+,25-,26+,27-,28+,29-,30+,31-,33+,34-,35+,36+,37-,38+/m1/s1. The highest BCUT2D eigenvalue weighted by Crippen LogP contribution is 2.76. The molecule has 0 spiro atoms. The topological polar surface area (TPSA) is 178 Å². The Hall–Kier alpha value is -2.80. The van der Waals surface area contributed by atoms with Gasteiger partial charge in [0.15, 0.2) is 5.78 Å². The molecule has 0 radical (unpaired) electrons. The molecule has 0 amide bonds. The van der Waals surface area contributed by atoms with Crippen LogP contribution in [0.3, 0.4) is 0 Å². The Labute approximate surface area is 292 Å². The SMILES string of the molecule is C=C1OC2=C[C@@H](C)[C@H]3[C@@H]([C@H](OC(C)=O)[C@H]4[C@H]5C(C[C@H](OC(C)=O)[C@]34C)[C@@]3(C)[C@@H](OC(=O)CC(C)C)[C@H]4O[C@H]4C[C@]3(O)C(=O)[C@@H]5O)[C@@]2(C)[C@]1(C)O. The molecule has 7 aliphatic rings. The first kappa shape index (κ1) is 35.6. The third-order valence-corrected chi connectivity index (χ3v) is 14.7. The normalized spacial score (nSPS) is 52.6. The van der Waals surface area contributed by atoms with Gasteiger partial charge in [-0.15, -0.1) is 0 Å². The smallest absolute Gasteiger partial charge is 0.306 e. The van der Waals surface area contributed by atoms with Gasteiger partial charge in [0.2, 0.25) is 0 Å². The summed E-state index contributed by atoms with van der Waals surface area (Å²) in [7, 11) is 0. The third-order valence-electron chi connectivity index (χ3n) is 14.7. The lowest BCUT2D eigenvalue weighted by Crippen LogP contribution is -2.77. The van der Waals surface area contributed by atoms with Crippen molar-refractivity contribution >= 4 is 23.7 Å². The molecule has 4 saturated carbocycles. The molecule has 2 aliphatic heterocycles. The van der Waals surface area contributed by atoms with Gasteiger partial charge in [-0.1, -0.05) is 41.2 Å². The highest BCUT2D eigenvalue weighted by Gasteiger charge is 2.83. The molecule has 0 aromatic carbocycles. The van der Waals surface area contributed by atoms with Gasteiger partial charge < -0.3 is 39.0 Å². The molecule has 0 aromatic heterocycles.